The number of rotatable bonds is 20. The van der Waals surface area contributed by atoms with Crippen molar-refractivity contribution in [1.82, 2.24) is 37.2 Å². The highest BCUT2D eigenvalue weighted by Gasteiger charge is 2.27. The first kappa shape index (κ1) is 71.8. The molecular formula is C65H82N16O14. The summed E-state index contributed by atoms with van der Waals surface area (Å²) in [6, 6.07) is 7.68. The van der Waals surface area contributed by atoms with Gasteiger partial charge in [0, 0.05) is 62.8 Å². The van der Waals surface area contributed by atoms with Crippen LogP contribution in [0.4, 0.5) is 62.9 Å². The third-order valence-corrected chi connectivity index (χ3v) is 16.1. The largest absolute Gasteiger partial charge is 0.478 e. The second-order valence-electron chi connectivity index (χ2n) is 21.8. The number of azide groups is 1. The maximum atomic E-state index is 14.5. The predicted molar refractivity (Wildman–Crippen MR) is 357 cm³/mol. The van der Waals surface area contributed by atoms with Gasteiger partial charge in [-0.3, -0.25) is 4.79 Å². The average Bonchev–Trinajstić information content (AvgIpc) is 0.785. The van der Waals surface area contributed by atoms with E-state index < -0.39 is 54.0 Å². The normalized spacial score (nSPS) is 14.0. The third kappa shape index (κ3) is 19.4. The second-order valence-corrected chi connectivity index (χ2v) is 21.8. The molecule has 0 atom stereocenters. The number of hydrogen-bond acceptors (Lipinski definition) is 13. The zero-order valence-electron chi connectivity index (χ0n) is 54.0. The Morgan fingerprint density at radius 2 is 0.779 bits per heavy atom. The molecule has 6 bridgehead atoms. The Balaban J connectivity index is 1.34. The molecule has 30 nitrogen and oxygen atoms in total. The van der Waals surface area contributed by atoms with Gasteiger partial charge in [0.15, 0.2) is 0 Å². The zero-order chi connectivity index (χ0) is 68.6. The maximum Gasteiger partial charge on any atom is 0.335 e. The minimum Gasteiger partial charge on any atom is -0.478 e. The third-order valence-electron chi connectivity index (χ3n) is 16.1. The average molecular weight is 1310 g/mol. The predicted octanol–water partition coefficient (Wildman–Crippen LogP) is 8.89. The van der Waals surface area contributed by atoms with Crippen molar-refractivity contribution in [3.05, 3.63) is 148 Å². The molecule has 3 aliphatic rings. The molecule has 5 aromatic rings. The fourth-order valence-electron chi connectivity index (χ4n) is 11.7. The van der Waals surface area contributed by atoms with Gasteiger partial charge in [0.1, 0.15) is 0 Å². The van der Waals surface area contributed by atoms with Crippen LogP contribution in [0.25, 0.3) is 10.4 Å². The molecule has 3 heterocycles. The number of carbonyl (C=O) groups excluding carboxylic acids is 7. The van der Waals surface area contributed by atoms with Crippen molar-refractivity contribution in [3.8, 4) is 0 Å². The van der Waals surface area contributed by atoms with Crippen LogP contribution in [0.2, 0.25) is 0 Å². The van der Waals surface area contributed by atoms with Crippen LogP contribution in [-0.2, 0) is 85.5 Å². The fourth-order valence-corrected chi connectivity index (χ4v) is 11.7. The van der Waals surface area contributed by atoms with Gasteiger partial charge in [0.25, 0.3) is 5.91 Å². The number of carboxylic acid groups (broad SMARTS) is 2. The van der Waals surface area contributed by atoms with E-state index in [0.29, 0.717) is 78.7 Å². The van der Waals surface area contributed by atoms with Gasteiger partial charge in [-0.25, -0.2) is 38.4 Å². The summed E-state index contributed by atoms with van der Waals surface area (Å²) in [7, 11) is 0. The number of carbonyl (C=O) groups is 9. The Morgan fingerprint density at radius 1 is 0.453 bits per heavy atom. The number of anilines is 6. The molecule has 5 aromatic carbocycles. The number of hydrogen-bond donors (Lipinski definition) is 15. The number of benzene rings is 5. The summed E-state index contributed by atoms with van der Waals surface area (Å²) < 4.78 is 16.5. The van der Waals surface area contributed by atoms with Gasteiger partial charge in [-0.1, -0.05) is 39.7 Å². The van der Waals surface area contributed by atoms with Crippen LogP contribution >= 0.6 is 0 Å². The van der Waals surface area contributed by atoms with Crippen molar-refractivity contribution in [2.75, 3.05) is 91.2 Å². The molecule has 0 unspecified atom stereocenters. The first-order valence-electron chi connectivity index (χ1n) is 31.3. The van der Waals surface area contributed by atoms with E-state index >= 15 is 0 Å². The number of nitrogens with one attached hydrogen (secondary N) is 13. The molecule has 30 heteroatoms. The van der Waals surface area contributed by atoms with Gasteiger partial charge >= 0.3 is 48.1 Å². The van der Waals surface area contributed by atoms with Crippen LogP contribution in [0.15, 0.2) is 59.7 Å². The van der Waals surface area contributed by atoms with E-state index in [4.69, 9.17) is 19.7 Å². The fraction of sp³-hybridized carbons (Fsp3) is 0.400. The highest BCUT2D eigenvalue weighted by molar-refractivity contribution is 6.04. The Bertz CT molecular complexity index is 3760. The van der Waals surface area contributed by atoms with Gasteiger partial charge in [-0.15, -0.1) is 0 Å². The first-order valence-corrected chi connectivity index (χ1v) is 31.3. The molecule has 13 amide bonds. The van der Waals surface area contributed by atoms with Gasteiger partial charge in [0.05, 0.1) is 84.9 Å². The van der Waals surface area contributed by atoms with Crippen LogP contribution in [0.3, 0.4) is 0 Å². The van der Waals surface area contributed by atoms with Crippen LogP contribution in [0.1, 0.15) is 132 Å². The number of aromatic carboxylic acids is 2. The summed E-state index contributed by atoms with van der Waals surface area (Å²) in [5.74, 6) is -3.11. The minimum absolute atomic E-state index is 0.0372. The molecule has 0 saturated carbocycles. The number of amides is 13. The van der Waals surface area contributed by atoms with Crippen LogP contribution in [-0.4, -0.2) is 124 Å². The quantitative estimate of drug-likeness (QED) is 0.0150. The van der Waals surface area contributed by atoms with E-state index in [1.807, 2.05) is 41.5 Å². The summed E-state index contributed by atoms with van der Waals surface area (Å²) >= 11 is 0. The highest BCUT2D eigenvalue weighted by Crippen LogP contribution is 2.34. The van der Waals surface area contributed by atoms with Crippen molar-refractivity contribution >= 4 is 88.2 Å². The smallest absolute Gasteiger partial charge is 0.335 e. The molecule has 0 spiro atoms. The number of fused-ring (bicyclic) bond motifs is 19. The van der Waals surface area contributed by atoms with Crippen molar-refractivity contribution < 1.29 is 67.6 Å². The van der Waals surface area contributed by atoms with Gasteiger partial charge in [-0.2, -0.15) is 0 Å². The molecule has 0 radical (unpaired) electrons. The van der Waals surface area contributed by atoms with E-state index in [1.165, 1.54) is 54.6 Å². The molecule has 0 aliphatic carbocycles. The summed E-state index contributed by atoms with van der Waals surface area (Å²) in [5, 5.41) is 60.6. The monoisotopic (exact) mass is 1310 g/mol. The second kappa shape index (κ2) is 35.4. The lowest BCUT2D eigenvalue weighted by atomic mass is 9.82. The van der Waals surface area contributed by atoms with E-state index in [2.05, 4.69) is 79.1 Å². The van der Waals surface area contributed by atoms with Crippen LogP contribution < -0.4 is 69.1 Å². The van der Waals surface area contributed by atoms with Crippen LogP contribution in [0.5, 0.6) is 0 Å². The van der Waals surface area contributed by atoms with E-state index in [9.17, 15) is 53.4 Å². The van der Waals surface area contributed by atoms with Gasteiger partial charge < -0.3 is 93.5 Å². The summed E-state index contributed by atoms with van der Waals surface area (Å²) in [4.78, 5) is 126. The zero-order valence-corrected chi connectivity index (χ0v) is 54.0. The van der Waals surface area contributed by atoms with E-state index in [0.717, 1.165) is 33.4 Å². The number of ether oxygens (including phenoxy) is 3. The lowest BCUT2D eigenvalue weighted by Crippen LogP contribution is -2.34. The lowest BCUT2D eigenvalue weighted by molar-refractivity contribution is 0.0166. The summed E-state index contributed by atoms with van der Waals surface area (Å²) in [6.45, 7) is 12.7. The number of nitrogens with zero attached hydrogens (tertiary/aromatic N) is 3. The molecule has 0 saturated heterocycles. The van der Waals surface area contributed by atoms with Crippen LogP contribution in [0, 0.1) is 6.92 Å². The molecule has 8 rings (SSSR count). The van der Waals surface area contributed by atoms with Gasteiger partial charge in [-0.05, 0) is 172 Å². The summed E-state index contributed by atoms with van der Waals surface area (Å²) in [5.41, 5.74) is 17.0. The van der Waals surface area contributed by atoms with E-state index in [1.54, 1.807) is 0 Å². The molecule has 506 valence electrons. The SMILES string of the molecule is CCc1c2c(C)c3c(CC)c1CNC(=O)Nc1cc(C(=O)O)ccc1NC(=O)NCCc1c(CC)c(c(CC)c(c1CC)CNC(=O)Nc1ccc(C(=O)NCCOCCOCCOCCN=[N+]=[N-])cc1NC(=O)NC3)CNC(=O)Nc1ccc(C(=O)O)cc1NC(=O)NC2. The van der Waals surface area contributed by atoms with E-state index in [-0.39, 0.29) is 136 Å². The standard InChI is InChI=1S/C65H82N16O14/c1-7-40-45-18-19-68-60(87)75-52-16-13-38(58(83)84)29-55(52)80-65(92)73-35-50-42(9-3)46-31-69-63(90)78-54-28-37(57(82)67-20-22-93-24-26-95-27-25-94-23-21-74-81-66)12-15-51(54)76-61(88)71-33-48(40)44(11-5)49(41(45)8-2)34-72-62(89)77-53-17-14-39(59(85)86)30-56(53)79-64(91)70-32-47(36(46)6)43(50)10-4/h12-17,28-30H,7-11,18-27,31-35H2,1-6H3,(H,67,82)(H,83,84)(H,85,86)(H2,68,75,87)(H2,69,78,90)(H2,70,79,91)(H2,71,76,88)(H2,72,77,89)(H2,73,80,92). The Kier molecular flexibility index (Phi) is 26.7. The number of urea groups is 6. The number of carboxylic acids is 2. The molecule has 95 heavy (non-hydrogen) atoms. The summed E-state index contributed by atoms with van der Waals surface area (Å²) in [6.07, 6.45) is 2.27. The van der Waals surface area contributed by atoms with Crippen molar-refractivity contribution in [2.45, 2.75) is 113 Å². The maximum absolute atomic E-state index is 14.5. The molecule has 3 aliphatic heterocycles. The van der Waals surface area contributed by atoms with Crippen molar-refractivity contribution in [1.29, 1.82) is 0 Å². The molecule has 0 aromatic heterocycles. The molecule has 0 fully saturated rings. The Labute approximate surface area is 548 Å². The molecular weight excluding hydrogens is 1230 g/mol. The van der Waals surface area contributed by atoms with Crippen molar-refractivity contribution in [2.24, 2.45) is 5.11 Å². The minimum atomic E-state index is -1.30. The van der Waals surface area contributed by atoms with Crippen molar-refractivity contribution in [3.63, 3.8) is 0 Å². The highest BCUT2D eigenvalue weighted by atomic mass is 16.5. The first-order chi connectivity index (χ1) is 45.8. The lowest BCUT2D eigenvalue weighted by Gasteiger charge is -2.27. The topological polar surface area (TPSA) is 427 Å². The Hall–Kier alpha value is -10.7. The molecule has 15 N–H and O–H groups in total. The Morgan fingerprint density at radius 3 is 1.17 bits per heavy atom. The van der Waals surface area contributed by atoms with Gasteiger partial charge in [0.2, 0.25) is 0 Å².